The molecule has 0 bridgehead atoms. The Hall–Kier alpha value is -0.0800. The van der Waals surface area contributed by atoms with Crippen molar-refractivity contribution in [1.82, 2.24) is 0 Å². The Bertz CT molecular complexity index is 150. The van der Waals surface area contributed by atoms with Gasteiger partial charge in [0.05, 0.1) is 18.3 Å². The van der Waals surface area contributed by atoms with Crippen molar-refractivity contribution in [3.63, 3.8) is 0 Å². The molecule has 0 aromatic rings. The zero-order valence-corrected chi connectivity index (χ0v) is 9.59. The van der Waals surface area contributed by atoms with E-state index in [1.54, 1.807) is 6.92 Å². The molecule has 0 spiro atoms. The van der Waals surface area contributed by atoms with Crippen molar-refractivity contribution in [1.29, 1.82) is 0 Å². The minimum absolute atomic E-state index is 0.145. The number of hydrogen-bond acceptors (Lipinski definition) is 2. The Kier molecular flexibility index (Phi) is 4.90. The van der Waals surface area contributed by atoms with Crippen LogP contribution in [-0.4, -0.2) is 23.4 Å². The molecule has 2 nitrogen and oxygen atoms in total. The van der Waals surface area contributed by atoms with Crippen LogP contribution < -0.4 is 0 Å². The minimum atomic E-state index is -0.321. The molecule has 0 aliphatic heterocycles. The summed E-state index contributed by atoms with van der Waals surface area (Å²) in [5.41, 5.74) is 0.145. The summed E-state index contributed by atoms with van der Waals surface area (Å²) in [5.74, 6) is 0. The second kappa shape index (κ2) is 5.72. The Labute approximate surface area is 87.7 Å². The first-order valence-corrected chi connectivity index (χ1v) is 6.00. The molecule has 84 valence electrons. The summed E-state index contributed by atoms with van der Waals surface area (Å²) in [7, 11) is 0. The van der Waals surface area contributed by atoms with E-state index in [-0.39, 0.29) is 11.7 Å². The largest absolute Gasteiger partial charge is 0.391 e. The van der Waals surface area contributed by atoms with Gasteiger partial charge in [-0.25, -0.2) is 0 Å². The molecule has 1 fully saturated rings. The van der Waals surface area contributed by atoms with Gasteiger partial charge in [0.2, 0.25) is 0 Å². The van der Waals surface area contributed by atoms with Crippen LogP contribution in [0.2, 0.25) is 0 Å². The maximum Gasteiger partial charge on any atom is 0.0745 e. The van der Waals surface area contributed by atoms with E-state index in [4.69, 9.17) is 4.74 Å². The molecule has 0 amide bonds. The van der Waals surface area contributed by atoms with Crippen LogP contribution in [0.5, 0.6) is 0 Å². The van der Waals surface area contributed by atoms with Gasteiger partial charge in [-0.15, -0.1) is 0 Å². The van der Waals surface area contributed by atoms with Crippen molar-refractivity contribution in [3.05, 3.63) is 0 Å². The lowest BCUT2D eigenvalue weighted by atomic mass is 9.76. The summed E-state index contributed by atoms with van der Waals surface area (Å²) in [6.07, 6.45) is 8.41. The molecule has 1 saturated carbocycles. The Morgan fingerprint density at radius 3 is 2.50 bits per heavy atom. The molecule has 1 rings (SSSR count). The van der Waals surface area contributed by atoms with Gasteiger partial charge in [0.15, 0.2) is 0 Å². The van der Waals surface area contributed by atoms with Gasteiger partial charge in [0.25, 0.3) is 0 Å². The monoisotopic (exact) mass is 200 g/mol. The highest BCUT2D eigenvalue weighted by molar-refractivity contribution is 4.89. The molecular formula is C12H24O2. The van der Waals surface area contributed by atoms with Crippen LogP contribution in [-0.2, 0) is 4.74 Å². The first-order chi connectivity index (χ1) is 6.68. The van der Waals surface area contributed by atoms with Crippen molar-refractivity contribution in [2.45, 2.75) is 70.5 Å². The fourth-order valence-electron chi connectivity index (χ4n) is 2.03. The fraction of sp³-hybridized carbons (Fsp3) is 1.00. The molecule has 1 aliphatic rings. The molecule has 1 atom stereocenters. The lowest BCUT2D eigenvalue weighted by Gasteiger charge is -2.42. The Morgan fingerprint density at radius 2 is 2.07 bits per heavy atom. The second-order valence-electron chi connectivity index (χ2n) is 4.65. The van der Waals surface area contributed by atoms with Crippen molar-refractivity contribution < 1.29 is 9.84 Å². The molecular weight excluding hydrogens is 176 g/mol. The van der Waals surface area contributed by atoms with E-state index in [9.17, 15) is 5.11 Å². The zero-order chi connectivity index (χ0) is 10.4. The lowest BCUT2D eigenvalue weighted by molar-refractivity contribution is -0.126. The maximum atomic E-state index is 9.18. The molecule has 1 N–H and O–H groups in total. The average Bonchev–Trinajstić information content (AvgIpc) is 2.08. The van der Waals surface area contributed by atoms with Crippen LogP contribution in [0.3, 0.4) is 0 Å². The molecule has 1 unspecified atom stereocenters. The molecule has 0 heterocycles. The molecule has 2 heteroatoms. The van der Waals surface area contributed by atoms with E-state index in [0.717, 1.165) is 0 Å². The second-order valence-corrected chi connectivity index (χ2v) is 4.65. The molecule has 0 aromatic heterocycles. The quantitative estimate of drug-likeness (QED) is 0.640. The number of aliphatic hydroxyl groups is 1. The van der Waals surface area contributed by atoms with Crippen LogP contribution in [0.4, 0.5) is 0 Å². The lowest BCUT2D eigenvalue weighted by Crippen LogP contribution is -2.41. The van der Waals surface area contributed by atoms with E-state index in [2.05, 4.69) is 6.92 Å². The highest BCUT2D eigenvalue weighted by Crippen LogP contribution is 2.40. The third kappa shape index (κ3) is 3.58. The molecule has 1 aliphatic carbocycles. The average molecular weight is 200 g/mol. The summed E-state index contributed by atoms with van der Waals surface area (Å²) < 4.78 is 5.82. The number of ether oxygens (including phenoxy) is 1. The predicted octanol–water partition coefficient (Wildman–Crippen LogP) is 2.89. The van der Waals surface area contributed by atoms with E-state index in [0.29, 0.717) is 6.61 Å². The van der Waals surface area contributed by atoms with Crippen LogP contribution in [0.15, 0.2) is 0 Å². The molecule has 0 aromatic carbocycles. The van der Waals surface area contributed by atoms with Gasteiger partial charge in [-0.2, -0.15) is 0 Å². The summed E-state index contributed by atoms with van der Waals surface area (Å²) in [5, 5.41) is 9.18. The predicted molar refractivity (Wildman–Crippen MR) is 58.4 cm³/mol. The number of unbranched alkanes of at least 4 members (excludes halogenated alkanes) is 2. The van der Waals surface area contributed by atoms with Crippen LogP contribution in [0.25, 0.3) is 0 Å². The first-order valence-electron chi connectivity index (χ1n) is 6.00. The van der Waals surface area contributed by atoms with Gasteiger partial charge in [0.1, 0.15) is 0 Å². The molecule has 0 radical (unpaired) electrons. The van der Waals surface area contributed by atoms with Crippen molar-refractivity contribution in [2.24, 2.45) is 0 Å². The topological polar surface area (TPSA) is 29.5 Å². The summed E-state index contributed by atoms with van der Waals surface area (Å²) in [4.78, 5) is 0. The van der Waals surface area contributed by atoms with Crippen molar-refractivity contribution in [2.75, 3.05) is 6.61 Å². The van der Waals surface area contributed by atoms with Gasteiger partial charge >= 0.3 is 0 Å². The summed E-state index contributed by atoms with van der Waals surface area (Å²) in [6.45, 7) is 4.52. The summed E-state index contributed by atoms with van der Waals surface area (Å²) in [6, 6.07) is 0. The van der Waals surface area contributed by atoms with Crippen LogP contribution in [0, 0.1) is 0 Å². The van der Waals surface area contributed by atoms with E-state index < -0.39 is 0 Å². The smallest absolute Gasteiger partial charge is 0.0745 e. The minimum Gasteiger partial charge on any atom is -0.391 e. The molecule has 0 saturated heterocycles. The normalized spacial score (nSPS) is 21.6. The first kappa shape index (κ1) is 12.0. The van der Waals surface area contributed by atoms with E-state index in [1.165, 1.54) is 44.9 Å². The number of aliphatic hydroxyl groups excluding tert-OH is 1. The Balaban J connectivity index is 2.19. The van der Waals surface area contributed by atoms with Crippen LogP contribution in [0.1, 0.15) is 58.8 Å². The fourth-order valence-corrected chi connectivity index (χ4v) is 2.03. The van der Waals surface area contributed by atoms with Gasteiger partial charge in [-0.1, -0.05) is 26.2 Å². The maximum absolute atomic E-state index is 9.18. The highest BCUT2D eigenvalue weighted by atomic mass is 16.5. The van der Waals surface area contributed by atoms with Gasteiger partial charge in [-0.05, 0) is 32.6 Å². The van der Waals surface area contributed by atoms with Crippen LogP contribution >= 0.6 is 0 Å². The standard InChI is InChI=1S/C12H24O2/c1-3-4-5-7-12(8-6-9-12)14-10-11(2)13/h11,13H,3-10H2,1-2H3. The van der Waals surface area contributed by atoms with Gasteiger partial charge < -0.3 is 9.84 Å². The number of rotatable bonds is 7. The third-order valence-corrected chi connectivity index (χ3v) is 3.13. The van der Waals surface area contributed by atoms with E-state index >= 15 is 0 Å². The van der Waals surface area contributed by atoms with E-state index in [1.807, 2.05) is 0 Å². The van der Waals surface area contributed by atoms with Crippen molar-refractivity contribution in [3.8, 4) is 0 Å². The van der Waals surface area contributed by atoms with Gasteiger partial charge in [0, 0.05) is 0 Å². The van der Waals surface area contributed by atoms with Gasteiger partial charge in [-0.3, -0.25) is 0 Å². The zero-order valence-electron chi connectivity index (χ0n) is 9.59. The number of hydrogen-bond donors (Lipinski definition) is 1. The highest BCUT2D eigenvalue weighted by Gasteiger charge is 2.37. The van der Waals surface area contributed by atoms with Crippen molar-refractivity contribution >= 4 is 0 Å². The summed E-state index contributed by atoms with van der Waals surface area (Å²) >= 11 is 0. The SMILES string of the molecule is CCCCCC1(OCC(C)O)CCC1. The molecule has 14 heavy (non-hydrogen) atoms. The third-order valence-electron chi connectivity index (χ3n) is 3.13. The Morgan fingerprint density at radius 1 is 1.36 bits per heavy atom.